The Kier molecular flexibility index (Phi) is 7.27. The second-order valence-corrected chi connectivity index (χ2v) is 16.2. The first-order valence-electron chi connectivity index (χ1n) is 12.3. The lowest BCUT2D eigenvalue weighted by molar-refractivity contribution is 0.0548. The van der Waals surface area contributed by atoms with Crippen molar-refractivity contribution in [3.63, 3.8) is 0 Å². The maximum Gasteiger partial charge on any atom is 0.261 e. The van der Waals surface area contributed by atoms with E-state index < -0.39 is 20.4 Å². The summed E-state index contributed by atoms with van der Waals surface area (Å²) in [6.45, 7) is 13.7. The average Bonchev–Trinajstić information content (AvgIpc) is 3.39. The quantitative estimate of drug-likeness (QED) is 0.300. The van der Waals surface area contributed by atoms with Crippen molar-refractivity contribution in [3.8, 4) is 5.75 Å². The smallest absolute Gasteiger partial charge is 0.261 e. The van der Waals surface area contributed by atoms with Gasteiger partial charge >= 0.3 is 0 Å². The molecule has 2 aliphatic rings. The first-order valence-corrected chi connectivity index (χ1v) is 15.7. The van der Waals surface area contributed by atoms with Crippen molar-refractivity contribution < 1.29 is 18.8 Å². The van der Waals surface area contributed by atoms with E-state index in [2.05, 4.69) is 44.5 Å². The number of carbonyl (C=O) groups excluding carboxylic acids is 2. The molecule has 2 aromatic rings. The van der Waals surface area contributed by atoms with Gasteiger partial charge < -0.3 is 19.8 Å². The molecule has 4 rings (SSSR count). The second kappa shape index (κ2) is 9.95. The molecule has 0 radical (unpaired) electrons. The first-order chi connectivity index (χ1) is 16.9. The number of hydrogen-bond acceptors (Lipinski definition) is 5. The van der Waals surface area contributed by atoms with Crippen LogP contribution in [0.25, 0.3) is 0 Å². The zero-order valence-corrected chi connectivity index (χ0v) is 23.6. The Hall–Kier alpha value is -2.75. The van der Waals surface area contributed by atoms with Crippen molar-refractivity contribution in [2.45, 2.75) is 64.3 Å². The van der Waals surface area contributed by atoms with Gasteiger partial charge in [-0.2, -0.15) is 0 Å². The number of fused-ring (bicyclic) bond motifs is 2. The van der Waals surface area contributed by atoms with Gasteiger partial charge in [-0.1, -0.05) is 45.0 Å². The summed E-state index contributed by atoms with van der Waals surface area (Å²) < 4.78 is 12.3. The Labute approximate surface area is 219 Å². The molecule has 2 unspecified atom stereocenters. The van der Waals surface area contributed by atoms with Crippen molar-refractivity contribution in [1.29, 1.82) is 0 Å². The topological polar surface area (TPSA) is 79.9 Å². The standard InChI is InChI=1S/C27H35N3O4SSi/c1-17(30-24(31)19-11-7-8-12-20(19)25(30)32)22(16-34-36(5,6)27(2,3)4)29-26(35)28-21-13-9-10-18-14-15-33-23(18)21/h7-13,17,22H,14-16H2,1-6H3,(H2,28,29,35). The van der Waals surface area contributed by atoms with Gasteiger partial charge in [0.25, 0.3) is 11.8 Å². The number of nitrogens with zero attached hydrogens (tertiary/aromatic N) is 1. The molecule has 7 nitrogen and oxygen atoms in total. The SMILES string of the molecule is CC(C(CO[Si](C)(C)C(C)(C)C)NC(=S)Nc1cccc2c1OCC2)N1C(=O)c2ccccc2C1=O. The number of nitrogens with one attached hydrogen (secondary N) is 2. The Morgan fingerprint density at radius 2 is 1.75 bits per heavy atom. The van der Waals surface area contributed by atoms with Crippen LogP contribution < -0.4 is 15.4 Å². The van der Waals surface area contributed by atoms with Crippen molar-refractivity contribution in [2.75, 3.05) is 18.5 Å². The summed E-state index contributed by atoms with van der Waals surface area (Å²) in [6.07, 6.45) is 0.866. The van der Waals surface area contributed by atoms with Crippen LogP contribution in [0.5, 0.6) is 5.75 Å². The Balaban J connectivity index is 1.56. The van der Waals surface area contributed by atoms with Gasteiger partial charge in [0.2, 0.25) is 0 Å². The van der Waals surface area contributed by atoms with Crippen LogP contribution in [0.2, 0.25) is 18.1 Å². The van der Waals surface area contributed by atoms with E-state index >= 15 is 0 Å². The van der Waals surface area contributed by atoms with Gasteiger partial charge in [-0.3, -0.25) is 14.5 Å². The molecular formula is C27H35N3O4SSi. The van der Waals surface area contributed by atoms with E-state index in [4.69, 9.17) is 21.4 Å². The lowest BCUT2D eigenvalue weighted by Crippen LogP contribution is -2.56. The summed E-state index contributed by atoms with van der Waals surface area (Å²) >= 11 is 5.68. The number of benzene rings is 2. The fraction of sp³-hybridized carbons (Fsp3) is 0.444. The lowest BCUT2D eigenvalue weighted by Gasteiger charge is -2.39. The number of para-hydroxylation sites is 1. The molecule has 192 valence electrons. The molecule has 0 saturated heterocycles. The molecule has 0 aromatic heterocycles. The summed E-state index contributed by atoms with van der Waals surface area (Å²) in [6, 6.07) is 12.0. The zero-order chi connectivity index (χ0) is 26.3. The fourth-order valence-corrected chi connectivity index (χ4v) is 5.50. The number of ether oxygens (including phenoxy) is 1. The fourth-order valence-electron chi connectivity index (χ4n) is 4.21. The minimum Gasteiger partial charge on any atom is -0.491 e. The van der Waals surface area contributed by atoms with Crippen LogP contribution in [-0.4, -0.2) is 55.4 Å². The minimum atomic E-state index is -2.10. The summed E-state index contributed by atoms with van der Waals surface area (Å²) in [4.78, 5) is 27.7. The van der Waals surface area contributed by atoms with Gasteiger partial charge in [-0.15, -0.1) is 0 Å². The summed E-state index contributed by atoms with van der Waals surface area (Å²) in [7, 11) is -2.10. The molecule has 0 fully saturated rings. The average molecular weight is 526 g/mol. The largest absolute Gasteiger partial charge is 0.491 e. The van der Waals surface area contributed by atoms with Gasteiger partial charge in [0.15, 0.2) is 13.4 Å². The number of imide groups is 1. The highest BCUT2D eigenvalue weighted by molar-refractivity contribution is 7.80. The molecule has 2 amide bonds. The number of thiocarbonyl (C=S) groups is 1. The first kappa shape index (κ1) is 26.3. The van der Waals surface area contributed by atoms with Crippen LogP contribution in [0.1, 0.15) is 54.0 Å². The van der Waals surface area contributed by atoms with Crippen LogP contribution in [0.15, 0.2) is 42.5 Å². The van der Waals surface area contributed by atoms with E-state index in [0.29, 0.717) is 29.5 Å². The highest BCUT2D eigenvalue weighted by Gasteiger charge is 2.43. The number of hydrogen-bond donors (Lipinski definition) is 2. The molecule has 0 saturated carbocycles. The van der Waals surface area contributed by atoms with Crippen LogP contribution in [0, 0.1) is 0 Å². The van der Waals surface area contributed by atoms with Gasteiger partial charge in [0.05, 0.1) is 42.1 Å². The van der Waals surface area contributed by atoms with Gasteiger partial charge in [-0.05, 0) is 61.0 Å². The van der Waals surface area contributed by atoms with Gasteiger partial charge in [-0.25, -0.2) is 0 Å². The highest BCUT2D eigenvalue weighted by atomic mass is 32.1. The molecule has 2 atom stereocenters. The molecule has 36 heavy (non-hydrogen) atoms. The summed E-state index contributed by atoms with van der Waals surface area (Å²) in [5.41, 5.74) is 2.78. The molecule has 2 aliphatic heterocycles. The Bertz CT molecular complexity index is 1160. The number of amides is 2. The maximum absolute atomic E-state index is 13.2. The van der Waals surface area contributed by atoms with Crippen LogP contribution in [0.3, 0.4) is 0 Å². The minimum absolute atomic E-state index is 0.0109. The summed E-state index contributed by atoms with van der Waals surface area (Å²) in [5.74, 6) is 0.217. The molecule has 9 heteroatoms. The zero-order valence-electron chi connectivity index (χ0n) is 21.8. The highest BCUT2D eigenvalue weighted by Crippen LogP contribution is 2.37. The van der Waals surface area contributed by atoms with Gasteiger partial charge in [0, 0.05) is 6.42 Å². The van der Waals surface area contributed by atoms with E-state index in [1.54, 1.807) is 24.3 Å². The molecule has 2 N–H and O–H groups in total. The van der Waals surface area contributed by atoms with Crippen molar-refractivity contribution in [2.24, 2.45) is 0 Å². The van der Waals surface area contributed by atoms with E-state index in [-0.39, 0.29) is 16.9 Å². The third-order valence-corrected chi connectivity index (χ3v) is 12.2. The third-order valence-electron chi connectivity index (χ3n) is 7.52. The Morgan fingerprint density at radius 3 is 2.36 bits per heavy atom. The van der Waals surface area contributed by atoms with Crippen LogP contribution in [-0.2, 0) is 10.8 Å². The van der Waals surface area contributed by atoms with Crippen LogP contribution in [0.4, 0.5) is 5.69 Å². The molecule has 0 aliphatic carbocycles. The van der Waals surface area contributed by atoms with E-state index in [1.807, 2.05) is 25.1 Å². The normalized spacial score (nSPS) is 16.8. The second-order valence-electron chi connectivity index (χ2n) is 10.9. The third kappa shape index (κ3) is 5.05. The van der Waals surface area contributed by atoms with E-state index in [9.17, 15) is 9.59 Å². The van der Waals surface area contributed by atoms with E-state index in [0.717, 1.165) is 23.4 Å². The van der Waals surface area contributed by atoms with E-state index in [1.165, 1.54) is 4.90 Å². The molecular weight excluding hydrogens is 490 g/mol. The number of anilines is 1. The summed E-state index contributed by atoms with van der Waals surface area (Å²) in [5, 5.41) is 6.98. The predicted molar refractivity (Wildman–Crippen MR) is 148 cm³/mol. The lowest BCUT2D eigenvalue weighted by atomic mass is 10.1. The number of carbonyl (C=O) groups is 2. The van der Waals surface area contributed by atoms with Gasteiger partial charge in [0.1, 0.15) is 5.75 Å². The molecule has 2 heterocycles. The van der Waals surface area contributed by atoms with Crippen LogP contribution >= 0.6 is 12.2 Å². The van der Waals surface area contributed by atoms with Crippen molar-refractivity contribution in [1.82, 2.24) is 10.2 Å². The maximum atomic E-state index is 13.2. The Morgan fingerprint density at radius 1 is 1.11 bits per heavy atom. The number of rotatable bonds is 7. The van der Waals surface area contributed by atoms with Crippen molar-refractivity contribution >= 4 is 43.1 Å². The molecule has 0 bridgehead atoms. The van der Waals surface area contributed by atoms with Crippen molar-refractivity contribution in [3.05, 3.63) is 59.2 Å². The molecule has 2 aromatic carbocycles. The predicted octanol–water partition coefficient (Wildman–Crippen LogP) is 4.98. The monoisotopic (exact) mass is 525 g/mol. The molecule has 0 spiro atoms.